The van der Waals surface area contributed by atoms with Gasteiger partial charge in [0.25, 0.3) is 0 Å². The van der Waals surface area contributed by atoms with Crippen molar-refractivity contribution < 1.29 is 8.78 Å². The molecule has 0 atom stereocenters. The molecule has 0 saturated carbocycles. The normalized spacial score (nSPS) is 10.3. The van der Waals surface area contributed by atoms with E-state index in [1.54, 1.807) is 0 Å². The van der Waals surface area contributed by atoms with Crippen LogP contribution in [-0.2, 0) is 0 Å². The van der Waals surface area contributed by atoms with Crippen LogP contribution in [0, 0.1) is 11.6 Å². The van der Waals surface area contributed by atoms with Crippen LogP contribution in [0.3, 0.4) is 0 Å². The van der Waals surface area contributed by atoms with Gasteiger partial charge in [-0.2, -0.15) is 0 Å². The molecule has 0 saturated heterocycles. The molecule has 2 rings (SSSR count). The van der Waals surface area contributed by atoms with E-state index in [2.05, 4.69) is 15.0 Å². The molecule has 0 bridgehead atoms. The van der Waals surface area contributed by atoms with Crippen LogP contribution in [0.5, 0.6) is 0 Å². The lowest BCUT2D eigenvalue weighted by molar-refractivity contribution is 0.602. The summed E-state index contributed by atoms with van der Waals surface area (Å²) in [5.74, 6) is -1.54. The molecule has 0 aliphatic rings. The zero-order chi connectivity index (χ0) is 10.8. The van der Waals surface area contributed by atoms with Crippen LogP contribution in [0.4, 0.5) is 8.78 Å². The van der Waals surface area contributed by atoms with Crippen molar-refractivity contribution in [2.45, 2.75) is 0 Å². The smallest absolute Gasteiger partial charge is 0.188 e. The minimum Gasteiger partial charge on any atom is -0.251 e. The van der Waals surface area contributed by atoms with Gasteiger partial charge in [-0.15, -0.1) is 0 Å². The summed E-state index contributed by atoms with van der Waals surface area (Å²) in [4.78, 5) is 10.7. The van der Waals surface area contributed by atoms with Gasteiger partial charge >= 0.3 is 0 Å². The van der Waals surface area contributed by atoms with E-state index in [0.29, 0.717) is 0 Å². The second-order valence-corrected chi connectivity index (χ2v) is 3.02. The molecule has 76 valence electrons. The highest BCUT2D eigenvalue weighted by atomic mass is 35.5. The van der Waals surface area contributed by atoms with Crippen molar-refractivity contribution in [2.24, 2.45) is 0 Å². The average molecular weight is 228 g/mol. The predicted molar refractivity (Wildman–Crippen MR) is 50.2 cm³/mol. The van der Waals surface area contributed by atoms with Gasteiger partial charge in [-0.25, -0.2) is 18.7 Å². The Kier molecular flexibility index (Phi) is 2.55. The van der Waals surface area contributed by atoms with Crippen molar-refractivity contribution in [2.75, 3.05) is 0 Å². The van der Waals surface area contributed by atoms with E-state index in [0.717, 1.165) is 12.4 Å². The number of hydrogen-bond acceptors (Lipinski definition) is 3. The summed E-state index contributed by atoms with van der Waals surface area (Å²) in [5, 5.41) is -0.356. The van der Waals surface area contributed by atoms with Gasteiger partial charge < -0.3 is 0 Å². The maximum absolute atomic E-state index is 13.4. The van der Waals surface area contributed by atoms with Crippen LogP contribution >= 0.6 is 11.6 Å². The van der Waals surface area contributed by atoms with Gasteiger partial charge in [-0.1, -0.05) is 11.6 Å². The summed E-state index contributed by atoms with van der Waals surface area (Å²) in [6.07, 6.45) is 2.39. The topological polar surface area (TPSA) is 38.7 Å². The Balaban J connectivity index is 2.65. The highest BCUT2D eigenvalue weighted by molar-refractivity contribution is 6.29. The monoisotopic (exact) mass is 227 g/mol. The fourth-order valence-electron chi connectivity index (χ4n) is 1.07. The van der Waals surface area contributed by atoms with Crippen LogP contribution in [0.2, 0.25) is 5.15 Å². The Hall–Kier alpha value is -1.62. The summed E-state index contributed by atoms with van der Waals surface area (Å²) in [6.45, 7) is 0. The molecule has 15 heavy (non-hydrogen) atoms. The highest BCUT2D eigenvalue weighted by Gasteiger charge is 2.15. The van der Waals surface area contributed by atoms with Crippen LogP contribution in [0.1, 0.15) is 0 Å². The molecule has 2 aromatic rings. The number of hydrogen-bond donors (Lipinski definition) is 0. The van der Waals surface area contributed by atoms with E-state index in [1.165, 1.54) is 12.3 Å². The van der Waals surface area contributed by atoms with Gasteiger partial charge in [0.1, 0.15) is 17.7 Å². The molecule has 0 amide bonds. The van der Waals surface area contributed by atoms with E-state index in [4.69, 9.17) is 11.6 Å². The largest absolute Gasteiger partial charge is 0.251 e. The fraction of sp³-hybridized carbons (Fsp3) is 0. The first-order valence-corrected chi connectivity index (χ1v) is 4.35. The standard InChI is InChI=1S/C9H4ClF2N3/c10-9-6(12)8(14-4-15-9)7-5(11)2-1-3-13-7/h1-4H. The number of nitrogens with zero attached hydrogens (tertiary/aromatic N) is 3. The lowest BCUT2D eigenvalue weighted by Gasteiger charge is -2.02. The average Bonchev–Trinajstić information content (AvgIpc) is 2.23. The van der Waals surface area contributed by atoms with Gasteiger partial charge in [0, 0.05) is 6.20 Å². The van der Waals surface area contributed by atoms with E-state index in [-0.39, 0.29) is 16.5 Å². The van der Waals surface area contributed by atoms with Gasteiger partial charge in [-0.05, 0) is 12.1 Å². The van der Waals surface area contributed by atoms with E-state index < -0.39 is 11.6 Å². The van der Waals surface area contributed by atoms with Crippen molar-refractivity contribution >= 4 is 11.6 Å². The second kappa shape index (κ2) is 3.86. The summed E-state index contributed by atoms with van der Waals surface area (Å²) >= 11 is 5.44. The molecule has 0 N–H and O–H groups in total. The molecule has 2 heterocycles. The third kappa shape index (κ3) is 1.78. The summed E-state index contributed by atoms with van der Waals surface area (Å²) in [7, 11) is 0. The van der Waals surface area contributed by atoms with Crippen molar-refractivity contribution in [1.29, 1.82) is 0 Å². The van der Waals surface area contributed by atoms with Gasteiger partial charge in [-0.3, -0.25) is 4.98 Å². The molecule has 3 nitrogen and oxygen atoms in total. The zero-order valence-corrected chi connectivity index (χ0v) is 8.04. The molecule has 0 aromatic carbocycles. The van der Waals surface area contributed by atoms with Crippen molar-refractivity contribution in [3.05, 3.63) is 41.4 Å². The number of rotatable bonds is 1. The SMILES string of the molecule is Fc1cccnc1-c1ncnc(Cl)c1F. The second-order valence-electron chi connectivity index (χ2n) is 2.66. The molecule has 0 aliphatic heterocycles. The Labute approximate surface area is 88.8 Å². The molecule has 0 fully saturated rings. The number of halogens is 3. The molecule has 6 heteroatoms. The van der Waals surface area contributed by atoms with Gasteiger partial charge in [0.05, 0.1) is 0 Å². The molecule has 2 aromatic heterocycles. The first-order chi connectivity index (χ1) is 7.20. The van der Waals surface area contributed by atoms with Crippen molar-refractivity contribution in [1.82, 2.24) is 15.0 Å². The third-order valence-corrected chi connectivity index (χ3v) is 1.99. The first-order valence-electron chi connectivity index (χ1n) is 3.97. The summed E-state index contributed by atoms with van der Waals surface area (Å²) in [5.41, 5.74) is -0.424. The van der Waals surface area contributed by atoms with E-state index in [9.17, 15) is 8.78 Å². The predicted octanol–water partition coefficient (Wildman–Crippen LogP) is 2.47. The van der Waals surface area contributed by atoms with Crippen LogP contribution < -0.4 is 0 Å². The van der Waals surface area contributed by atoms with E-state index in [1.807, 2.05) is 0 Å². The zero-order valence-electron chi connectivity index (χ0n) is 7.28. The molecule has 0 spiro atoms. The lowest BCUT2D eigenvalue weighted by Crippen LogP contribution is -1.97. The van der Waals surface area contributed by atoms with Crippen molar-refractivity contribution in [3.8, 4) is 11.4 Å². The maximum atomic E-state index is 13.4. The minimum atomic E-state index is -0.878. The van der Waals surface area contributed by atoms with Gasteiger partial charge in [0.2, 0.25) is 0 Å². The quantitative estimate of drug-likeness (QED) is 0.703. The Bertz CT molecular complexity index is 504. The molecular weight excluding hydrogens is 224 g/mol. The van der Waals surface area contributed by atoms with Crippen LogP contribution in [0.15, 0.2) is 24.7 Å². The van der Waals surface area contributed by atoms with E-state index >= 15 is 0 Å². The molecule has 0 radical (unpaired) electrons. The minimum absolute atomic E-state index is 0.181. The van der Waals surface area contributed by atoms with Crippen LogP contribution in [-0.4, -0.2) is 15.0 Å². The highest BCUT2D eigenvalue weighted by Crippen LogP contribution is 2.23. The Morgan fingerprint density at radius 2 is 1.87 bits per heavy atom. The Morgan fingerprint density at radius 3 is 2.60 bits per heavy atom. The van der Waals surface area contributed by atoms with Crippen LogP contribution in [0.25, 0.3) is 11.4 Å². The number of pyridine rings is 1. The van der Waals surface area contributed by atoms with Crippen molar-refractivity contribution in [3.63, 3.8) is 0 Å². The maximum Gasteiger partial charge on any atom is 0.188 e. The molecule has 0 aliphatic carbocycles. The molecular formula is C9H4ClF2N3. The number of aromatic nitrogens is 3. The Morgan fingerprint density at radius 1 is 1.07 bits per heavy atom. The third-order valence-electron chi connectivity index (χ3n) is 1.73. The first kappa shape index (κ1) is 9.92. The summed E-state index contributed by atoms with van der Waals surface area (Å²) in [6, 6.07) is 2.57. The fourth-order valence-corrected chi connectivity index (χ4v) is 1.21. The lowest BCUT2D eigenvalue weighted by atomic mass is 10.2. The molecule has 0 unspecified atom stereocenters. The summed E-state index contributed by atoms with van der Waals surface area (Å²) < 4.78 is 26.7. The van der Waals surface area contributed by atoms with Gasteiger partial charge in [0.15, 0.2) is 16.8 Å².